The number of hydrogen-bond acceptors (Lipinski definition) is 4. The van der Waals surface area contributed by atoms with Crippen LogP contribution in [0, 0.1) is 12.7 Å². The lowest BCUT2D eigenvalue weighted by Crippen LogP contribution is -2.56. The quantitative estimate of drug-likeness (QED) is 0.630. The first-order chi connectivity index (χ1) is 9.02. The lowest BCUT2D eigenvalue weighted by molar-refractivity contribution is 0.0876. The molecule has 1 saturated heterocycles. The molecule has 2 rings (SSSR count). The van der Waals surface area contributed by atoms with E-state index < -0.39 is 0 Å². The van der Waals surface area contributed by atoms with Crippen LogP contribution < -0.4 is 11.3 Å². The summed E-state index contributed by atoms with van der Waals surface area (Å²) in [7, 11) is 4.22. The Bertz CT molecular complexity index is 437. The van der Waals surface area contributed by atoms with Crippen LogP contribution in [0.3, 0.4) is 0 Å². The van der Waals surface area contributed by atoms with E-state index in [0.29, 0.717) is 5.56 Å². The van der Waals surface area contributed by atoms with E-state index in [1.807, 2.05) is 12.1 Å². The molecule has 2 unspecified atom stereocenters. The standard InChI is InChI=1S/C14H23FN4/c1-10-8-11(4-5-12(10)15)14(17-16)13-9-18(2)6-7-19(13)3/h4-5,8,13-14,17H,6-7,9,16H2,1-3H3. The van der Waals surface area contributed by atoms with Crippen molar-refractivity contribution in [2.45, 2.75) is 19.0 Å². The Kier molecular flexibility index (Phi) is 4.52. The predicted octanol–water partition coefficient (Wildman–Crippen LogP) is 0.884. The highest BCUT2D eigenvalue weighted by molar-refractivity contribution is 5.27. The van der Waals surface area contributed by atoms with Crippen molar-refractivity contribution < 1.29 is 4.39 Å². The van der Waals surface area contributed by atoms with Gasteiger partial charge in [0.25, 0.3) is 0 Å². The number of benzene rings is 1. The molecule has 1 aromatic rings. The monoisotopic (exact) mass is 266 g/mol. The summed E-state index contributed by atoms with van der Waals surface area (Å²) in [5, 5.41) is 0. The third-order valence-electron chi connectivity index (χ3n) is 4.00. The zero-order chi connectivity index (χ0) is 14.0. The molecule has 2 atom stereocenters. The fourth-order valence-corrected chi connectivity index (χ4v) is 2.69. The van der Waals surface area contributed by atoms with Gasteiger partial charge in [-0.2, -0.15) is 0 Å². The lowest BCUT2D eigenvalue weighted by Gasteiger charge is -2.41. The number of rotatable bonds is 3. The number of hydrazine groups is 1. The first-order valence-corrected chi connectivity index (χ1v) is 6.64. The molecule has 1 fully saturated rings. The highest BCUT2D eigenvalue weighted by atomic mass is 19.1. The predicted molar refractivity (Wildman–Crippen MR) is 75.1 cm³/mol. The van der Waals surface area contributed by atoms with Crippen molar-refractivity contribution in [3.63, 3.8) is 0 Å². The highest BCUT2D eigenvalue weighted by Gasteiger charge is 2.30. The number of nitrogens with two attached hydrogens (primary N) is 1. The van der Waals surface area contributed by atoms with Crippen molar-refractivity contribution in [1.82, 2.24) is 15.2 Å². The van der Waals surface area contributed by atoms with Gasteiger partial charge >= 0.3 is 0 Å². The fourth-order valence-electron chi connectivity index (χ4n) is 2.69. The van der Waals surface area contributed by atoms with Crippen LogP contribution in [0.15, 0.2) is 18.2 Å². The summed E-state index contributed by atoms with van der Waals surface area (Å²) in [5.41, 5.74) is 4.59. The Balaban J connectivity index is 2.25. The number of nitrogens with zero attached hydrogens (tertiary/aromatic N) is 2. The van der Waals surface area contributed by atoms with E-state index in [1.54, 1.807) is 6.92 Å². The van der Waals surface area contributed by atoms with E-state index in [1.165, 1.54) is 6.07 Å². The van der Waals surface area contributed by atoms with E-state index in [-0.39, 0.29) is 17.9 Å². The summed E-state index contributed by atoms with van der Waals surface area (Å²) < 4.78 is 13.4. The van der Waals surface area contributed by atoms with E-state index in [2.05, 4.69) is 29.3 Å². The smallest absolute Gasteiger partial charge is 0.126 e. The van der Waals surface area contributed by atoms with E-state index in [0.717, 1.165) is 25.2 Å². The van der Waals surface area contributed by atoms with Crippen LogP contribution in [0.2, 0.25) is 0 Å². The third kappa shape index (κ3) is 3.12. The van der Waals surface area contributed by atoms with E-state index in [9.17, 15) is 4.39 Å². The second-order valence-electron chi connectivity index (χ2n) is 5.46. The highest BCUT2D eigenvalue weighted by Crippen LogP contribution is 2.24. The van der Waals surface area contributed by atoms with Gasteiger partial charge in [-0.15, -0.1) is 0 Å². The van der Waals surface area contributed by atoms with Crippen molar-refractivity contribution >= 4 is 0 Å². The number of nitrogens with one attached hydrogen (secondary N) is 1. The van der Waals surface area contributed by atoms with Crippen LogP contribution in [0.25, 0.3) is 0 Å². The van der Waals surface area contributed by atoms with Crippen LogP contribution in [-0.2, 0) is 0 Å². The van der Waals surface area contributed by atoms with Gasteiger partial charge in [-0.3, -0.25) is 16.2 Å². The molecule has 0 bridgehead atoms. The van der Waals surface area contributed by atoms with Crippen molar-refractivity contribution in [1.29, 1.82) is 0 Å². The molecule has 106 valence electrons. The third-order valence-corrected chi connectivity index (χ3v) is 4.00. The molecule has 1 aromatic carbocycles. The maximum absolute atomic E-state index is 13.4. The van der Waals surface area contributed by atoms with Crippen LogP contribution in [-0.4, -0.2) is 49.6 Å². The zero-order valence-electron chi connectivity index (χ0n) is 11.9. The molecule has 5 heteroatoms. The largest absolute Gasteiger partial charge is 0.303 e. The van der Waals surface area contributed by atoms with Gasteiger partial charge in [0.2, 0.25) is 0 Å². The first kappa shape index (κ1) is 14.4. The summed E-state index contributed by atoms with van der Waals surface area (Å²) in [6, 6.07) is 5.50. The van der Waals surface area contributed by atoms with Crippen LogP contribution in [0.5, 0.6) is 0 Å². The Labute approximate surface area is 114 Å². The molecular formula is C14H23FN4. The van der Waals surface area contributed by atoms with Gasteiger partial charge in [0.05, 0.1) is 6.04 Å². The van der Waals surface area contributed by atoms with Crippen LogP contribution in [0.1, 0.15) is 17.2 Å². The molecule has 1 aliphatic heterocycles. The maximum atomic E-state index is 13.4. The van der Waals surface area contributed by atoms with Gasteiger partial charge in [0.15, 0.2) is 0 Å². The summed E-state index contributed by atoms with van der Waals surface area (Å²) in [6.45, 7) is 4.80. The van der Waals surface area contributed by atoms with Gasteiger partial charge in [-0.1, -0.05) is 12.1 Å². The van der Waals surface area contributed by atoms with Gasteiger partial charge in [0.1, 0.15) is 5.82 Å². The minimum atomic E-state index is -0.173. The van der Waals surface area contributed by atoms with E-state index in [4.69, 9.17) is 5.84 Å². The molecule has 1 aliphatic rings. The van der Waals surface area contributed by atoms with Crippen molar-refractivity contribution in [3.05, 3.63) is 35.1 Å². The molecule has 0 amide bonds. The average molecular weight is 266 g/mol. The van der Waals surface area contributed by atoms with Crippen LogP contribution >= 0.6 is 0 Å². The lowest BCUT2D eigenvalue weighted by atomic mass is 9.95. The van der Waals surface area contributed by atoms with E-state index >= 15 is 0 Å². The minimum absolute atomic E-state index is 0.00653. The number of aryl methyl sites for hydroxylation is 1. The van der Waals surface area contributed by atoms with Crippen molar-refractivity contribution in [3.8, 4) is 0 Å². The second-order valence-corrected chi connectivity index (χ2v) is 5.46. The molecule has 0 spiro atoms. The molecule has 0 aliphatic carbocycles. The normalized spacial score (nSPS) is 23.5. The molecular weight excluding hydrogens is 243 g/mol. The Morgan fingerprint density at radius 3 is 2.74 bits per heavy atom. The molecule has 0 radical (unpaired) electrons. The van der Waals surface area contributed by atoms with Crippen molar-refractivity contribution in [2.75, 3.05) is 33.7 Å². The Hall–Kier alpha value is -1.01. The molecule has 4 nitrogen and oxygen atoms in total. The van der Waals surface area contributed by atoms with Gasteiger partial charge in [-0.05, 0) is 38.2 Å². The van der Waals surface area contributed by atoms with Gasteiger partial charge in [-0.25, -0.2) is 4.39 Å². The number of hydrogen-bond donors (Lipinski definition) is 2. The molecule has 3 N–H and O–H groups in total. The number of piperazine rings is 1. The Morgan fingerprint density at radius 1 is 1.37 bits per heavy atom. The van der Waals surface area contributed by atoms with Crippen LogP contribution in [0.4, 0.5) is 4.39 Å². The first-order valence-electron chi connectivity index (χ1n) is 6.64. The second kappa shape index (κ2) is 5.96. The SMILES string of the molecule is Cc1cc(C(NN)C2CN(C)CCN2C)ccc1F. The average Bonchev–Trinajstić information content (AvgIpc) is 2.38. The summed E-state index contributed by atoms with van der Waals surface area (Å²) in [6.07, 6.45) is 0. The van der Waals surface area contributed by atoms with Crippen molar-refractivity contribution in [2.24, 2.45) is 5.84 Å². The maximum Gasteiger partial charge on any atom is 0.126 e. The fraction of sp³-hybridized carbons (Fsp3) is 0.571. The topological polar surface area (TPSA) is 44.5 Å². The molecule has 0 aromatic heterocycles. The summed E-state index contributed by atoms with van der Waals surface area (Å²) >= 11 is 0. The molecule has 1 heterocycles. The molecule has 0 saturated carbocycles. The summed E-state index contributed by atoms with van der Waals surface area (Å²) in [5.74, 6) is 5.57. The Morgan fingerprint density at radius 2 is 2.11 bits per heavy atom. The zero-order valence-corrected chi connectivity index (χ0v) is 11.9. The molecule has 19 heavy (non-hydrogen) atoms. The number of halogens is 1. The minimum Gasteiger partial charge on any atom is -0.303 e. The number of likely N-dealkylation sites (N-methyl/N-ethyl adjacent to an activating group) is 2. The van der Waals surface area contributed by atoms with Gasteiger partial charge in [0, 0.05) is 25.7 Å². The summed E-state index contributed by atoms with van der Waals surface area (Å²) in [4.78, 5) is 4.61. The van der Waals surface area contributed by atoms with Gasteiger partial charge < -0.3 is 4.90 Å².